The second-order valence-corrected chi connectivity index (χ2v) is 6.20. The Hall–Kier alpha value is -0.160. The number of aliphatic hydroxyl groups excluding tert-OH is 1. The van der Waals surface area contributed by atoms with Crippen molar-refractivity contribution in [3.63, 3.8) is 0 Å². The first kappa shape index (κ1) is 14.3. The topological polar surface area (TPSA) is 44.7 Å². The Morgan fingerprint density at radius 2 is 2.33 bits per heavy atom. The Labute approximate surface area is 111 Å². The number of nitrogens with zero attached hydrogens (tertiary/aromatic N) is 1. The van der Waals surface area contributed by atoms with E-state index in [2.05, 4.69) is 24.1 Å². The minimum Gasteiger partial charge on any atom is -0.396 e. The fourth-order valence-electron chi connectivity index (χ4n) is 2.84. The van der Waals surface area contributed by atoms with Crippen molar-refractivity contribution in [2.45, 2.75) is 45.3 Å². The molecule has 2 saturated heterocycles. The van der Waals surface area contributed by atoms with Gasteiger partial charge in [0.05, 0.1) is 12.7 Å². The molecule has 18 heavy (non-hydrogen) atoms. The summed E-state index contributed by atoms with van der Waals surface area (Å²) in [7, 11) is 0. The predicted octanol–water partition coefficient (Wildman–Crippen LogP) is 0.848. The number of rotatable bonds is 6. The van der Waals surface area contributed by atoms with Gasteiger partial charge in [0, 0.05) is 37.7 Å². The summed E-state index contributed by atoms with van der Waals surface area (Å²) in [5.41, 5.74) is 0.00481. The number of ether oxygens (including phenoxy) is 1. The Morgan fingerprint density at radius 1 is 1.50 bits per heavy atom. The van der Waals surface area contributed by atoms with E-state index in [1.165, 1.54) is 19.4 Å². The summed E-state index contributed by atoms with van der Waals surface area (Å²) in [6, 6.07) is 0.680. The Balaban J connectivity index is 1.68. The van der Waals surface area contributed by atoms with E-state index < -0.39 is 0 Å². The van der Waals surface area contributed by atoms with Gasteiger partial charge in [-0.1, -0.05) is 13.8 Å². The van der Waals surface area contributed by atoms with Crippen molar-refractivity contribution in [1.82, 2.24) is 10.2 Å². The minimum atomic E-state index is 0.00481. The van der Waals surface area contributed by atoms with Crippen LogP contribution < -0.4 is 5.32 Å². The van der Waals surface area contributed by atoms with Gasteiger partial charge in [-0.3, -0.25) is 4.90 Å². The van der Waals surface area contributed by atoms with Crippen LogP contribution in [0.2, 0.25) is 0 Å². The number of hydrogen-bond donors (Lipinski definition) is 2. The smallest absolute Gasteiger partial charge is 0.0826 e. The zero-order valence-corrected chi connectivity index (χ0v) is 11.8. The third kappa shape index (κ3) is 3.44. The van der Waals surface area contributed by atoms with E-state index in [9.17, 15) is 5.11 Å². The Morgan fingerprint density at radius 3 is 3.06 bits per heavy atom. The second-order valence-electron chi connectivity index (χ2n) is 6.20. The normalized spacial score (nSPS) is 32.2. The second kappa shape index (κ2) is 6.33. The molecule has 0 bridgehead atoms. The van der Waals surface area contributed by atoms with Crippen molar-refractivity contribution in [3.8, 4) is 0 Å². The van der Waals surface area contributed by atoms with E-state index in [1.54, 1.807) is 0 Å². The van der Waals surface area contributed by atoms with Gasteiger partial charge >= 0.3 is 0 Å². The van der Waals surface area contributed by atoms with Crippen molar-refractivity contribution in [1.29, 1.82) is 0 Å². The van der Waals surface area contributed by atoms with E-state index >= 15 is 0 Å². The summed E-state index contributed by atoms with van der Waals surface area (Å²) in [5.74, 6) is 0. The monoisotopic (exact) mass is 256 g/mol. The third-order valence-electron chi connectivity index (χ3n) is 4.62. The van der Waals surface area contributed by atoms with Crippen molar-refractivity contribution in [2.75, 3.05) is 39.4 Å². The summed E-state index contributed by atoms with van der Waals surface area (Å²) in [6.07, 6.45) is 3.95. The van der Waals surface area contributed by atoms with Crippen molar-refractivity contribution in [2.24, 2.45) is 5.41 Å². The molecule has 0 aromatic heterocycles. The lowest BCUT2D eigenvalue weighted by Gasteiger charge is -2.36. The van der Waals surface area contributed by atoms with Gasteiger partial charge in [0.1, 0.15) is 0 Å². The molecular formula is C14H28N2O2. The quantitative estimate of drug-likeness (QED) is 0.739. The predicted molar refractivity (Wildman–Crippen MR) is 72.7 cm³/mol. The molecule has 4 nitrogen and oxygen atoms in total. The lowest BCUT2D eigenvalue weighted by Crippen LogP contribution is -2.50. The van der Waals surface area contributed by atoms with Crippen LogP contribution in [0.15, 0.2) is 0 Å². The number of nitrogens with one attached hydrogen (secondary N) is 1. The molecule has 0 aromatic rings. The van der Waals surface area contributed by atoms with Crippen LogP contribution >= 0.6 is 0 Å². The zero-order valence-electron chi connectivity index (χ0n) is 11.8. The standard InChI is InChI=1S/C14H28N2O2/c1-3-14(2,11-17)10-15-7-13-8-16-6-4-5-12(16)9-18-13/h12-13,15,17H,3-11H2,1-2H3. The van der Waals surface area contributed by atoms with Crippen LogP contribution in [-0.2, 0) is 4.74 Å². The lowest BCUT2D eigenvalue weighted by molar-refractivity contribution is -0.0480. The number of aliphatic hydroxyl groups is 1. The van der Waals surface area contributed by atoms with Crippen molar-refractivity contribution >= 4 is 0 Å². The first-order chi connectivity index (χ1) is 8.67. The average Bonchev–Trinajstić information content (AvgIpc) is 2.86. The molecule has 2 heterocycles. The highest BCUT2D eigenvalue weighted by atomic mass is 16.5. The van der Waals surface area contributed by atoms with Gasteiger partial charge in [-0.25, -0.2) is 0 Å². The fraction of sp³-hybridized carbons (Fsp3) is 1.00. The van der Waals surface area contributed by atoms with Crippen LogP contribution in [0.4, 0.5) is 0 Å². The molecule has 0 spiro atoms. The van der Waals surface area contributed by atoms with E-state index in [0.29, 0.717) is 12.1 Å². The molecule has 0 aliphatic carbocycles. The molecule has 2 rings (SSSR count). The summed E-state index contributed by atoms with van der Waals surface area (Å²) < 4.78 is 5.91. The van der Waals surface area contributed by atoms with E-state index in [4.69, 9.17) is 4.74 Å². The van der Waals surface area contributed by atoms with Crippen LogP contribution in [0.5, 0.6) is 0 Å². The summed E-state index contributed by atoms with van der Waals surface area (Å²) in [5, 5.41) is 12.8. The molecule has 4 heteroatoms. The highest BCUT2D eigenvalue weighted by molar-refractivity contribution is 4.86. The highest BCUT2D eigenvalue weighted by Crippen LogP contribution is 2.22. The summed E-state index contributed by atoms with van der Waals surface area (Å²) in [4.78, 5) is 2.57. The molecule has 2 aliphatic heterocycles. The molecule has 0 aromatic carbocycles. The first-order valence-electron chi connectivity index (χ1n) is 7.34. The van der Waals surface area contributed by atoms with Gasteiger partial charge in [-0.05, 0) is 25.8 Å². The fourth-order valence-corrected chi connectivity index (χ4v) is 2.84. The molecular weight excluding hydrogens is 228 g/mol. The van der Waals surface area contributed by atoms with Crippen LogP contribution in [0.25, 0.3) is 0 Å². The SMILES string of the molecule is CCC(C)(CO)CNCC1CN2CCCC2CO1. The van der Waals surface area contributed by atoms with E-state index in [1.807, 2.05) is 0 Å². The van der Waals surface area contributed by atoms with Gasteiger partial charge in [-0.2, -0.15) is 0 Å². The molecule has 106 valence electrons. The van der Waals surface area contributed by atoms with Crippen LogP contribution in [0.3, 0.4) is 0 Å². The minimum absolute atomic E-state index is 0.00481. The van der Waals surface area contributed by atoms with Gasteiger partial charge in [0.15, 0.2) is 0 Å². The van der Waals surface area contributed by atoms with Gasteiger partial charge < -0.3 is 15.2 Å². The maximum atomic E-state index is 9.37. The Kier molecular flexibility index (Phi) is 5.01. The first-order valence-corrected chi connectivity index (χ1v) is 7.34. The van der Waals surface area contributed by atoms with Crippen molar-refractivity contribution in [3.05, 3.63) is 0 Å². The largest absolute Gasteiger partial charge is 0.396 e. The maximum absolute atomic E-state index is 9.37. The van der Waals surface area contributed by atoms with Gasteiger partial charge in [0.2, 0.25) is 0 Å². The van der Waals surface area contributed by atoms with E-state index in [0.717, 1.165) is 32.7 Å². The molecule has 2 N–H and O–H groups in total. The molecule has 0 radical (unpaired) electrons. The summed E-state index contributed by atoms with van der Waals surface area (Å²) in [6.45, 7) is 9.48. The van der Waals surface area contributed by atoms with Crippen molar-refractivity contribution < 1.29 is 9.84 Å². The average molecular weight is 256 g/mol. The lowest BCUT2D eigenvalue weighted by atomic mass is 9.88. The van der Waals surface area contributed by atoms with E-state index in [-0.39, 0.29) is 12.0 Å². The third-order valence-corrected chi connectivity index (χ3v) is 4.62. The van der Waals surface area contributed by atoms with Gasteiger partial charge in [-0.15, -0.1) is 0 Å². The maximum Gasteiger partial charge on any atom is 0.0826 e. The Bertz CT molecular complexity index is 256. The zero-order chi connectivity index (χ0) is 13.0. The number of fused-ring (bicyclic) bond motifs is 1. The highest BCUT2D eigenvalue weighted by Gasteiger charge is 2.32. The van der Waals surface area contributed by atoms with Crippen LogP contribution in [-0.4, -0.2) is 61.5 Å². The summed E-state index contributed by atoms with van der Waals surface area (Å²) >= 11 is 0. The number of morpholine rings is 1. The molecule has 3 unspecified atom stereocenters. The number of hydrogen-bond acceptors (Lipinski definition) is 4. The van der Waals surface area contributed by atoms with Gasteiger partial charge in [0.25, 0.3) is 0 Å². The molecule has 2 aliphatic rings. The molecule has 2 fully saturated rings. The molecule has 3 atom stereocenters. The van der Waals surface area contributed by atoms with Crippen LogP contribution in [0.1, 0.15) is 33.1 Å². The molecule has 0 saturated carbocycles. The van der Waals surface area contributed by atoms with Crippen LogP contribution in [0, 0.1) is 5.41 Å². The molecule has 0 amide bonds.